The number of phenolic OH excluding ortho intramolecular Hbond substituents is 1. The second-order valence-electron chi connectivity index (χ2n) is 7.37. The second kappa shape index (κ2) is 7.35. The number of carbonyl (C=O) groups is 1. The molecule has 0 spiro atoms. The molecule has 0 radical (unpaired) electrons. The third-order valence-corrected chi connectivity index (χ3v) is 5.90. The van der Waals surface area contributed by atoms with E-state index in [0.717, 1.165) is 4.47 Å². The van der Waals surface area contributed by atoms with Crippen LogP contribution in [-0.4, -0.2) is 15.9 Å². The Labute approximate surface area is 184 Å². The first-order valence-electron chi connectivity index (χ1n) is 9.53. The van der Waals surface area contributed by atoms with Crippen molar-refractivity contribution in [3.05, 3.63) is 110 Å². The molecule has 0 saturated heterocycles. The zero-order valence-electron chi connectivity index (χ0n) is 16.0. The van der Waals surface area contributed by atoms with Crippen molar-refractivity contribution in [1.82, 2.24) is 4.90 Å². The number of hydrogen-bond acceptors (Lipinski definition) is 4. The molecule has 3 aromatic carbocycles. The lowest BCUT2D eigenvalue weighted by molar-refractivity contribution is 0.0714. The Kier molecular flexibility index (Phi) is 4.63. The minimum atomic E-state index is -0.701. The van der Waals surface area contributed by atoms with Crippen LogP contribution in [0.25, 0.3) is 11.0 Å². The van der Waals surface area contributed by atoms with E-state index in [2.05, 4.69) is 15.9 Å². The van der Waals surface area contributed by atoms with Gasteiger partial charge in [0, 0.05) is 11.0 Å². The lowest BCUT2D eigenvalue weighted by atomic mass is 9.98. The van der Waals surface area contributed by atoms with Gasteiger partial charge in [0.25, 0.3) is 5.91 Å². The van der Waals surface area contributed by atoms with Gasteiger partial charge in [0.05, 0.1) is 17.0 Å². The Morgan fingerprint density at radius 2 is 1.71 bits per heavy atom. The average Bonchev–Trinajstić information content (AvgIpc) is 3.03. The Bertz CT molecular complexity index is 1380. The number of carbonyl (C=O) groups excluding carboxylic acids is 1. The molecule has 1 amide bonds. The zero-order valence-corrected chi connectivity index (χ0v) is 17.6. The van der Waals surface area contributed by atoms with E-state index in [4.69, 9.17) is 4.42 Å². The minimum Gasteiger partial charge on any atom is -0.508 e. The molecule has 4 aromatic rings. The molecule has 0 aliphatic carbocycles. The van der Waals surface area contributed by atoms with Gasteiger partial charge in [-0.05, 0) is 53.6 Å². The van der Waals surface area contributed by atoms with Crippen LogP contribution in [0.5, 0.6) is 5.75 Å². The second-order valence-corrected chi connectivity index (χ2v) is 8.28. The van der Waals surface area contributed by atoms with E-state index in [-0.39, 0.29) is 34.9 Å². The largest absolute Gasteiger partial charge is 0.508 e. The zero-order chi connectivity index (χ0) is 21.7. The van der Waals surface area contributed by atoms with Gasteiger partial charge in [-0.25, -0.2) is 4.39 Å². The Morgan fingerprint density at radius 3 is 2.42 bits per heavy atom. The maximum Gasteiger partial charge on any atom is 0.291 e. The number of nitrogens with zero attached hydrogens (tertiary/aromatic N) is 1. The number of benzene rings is 3. The van der Waals surface area contributed by atoms with Crippen LogP contribution in [0.1, 0.15) is 33.3 Å². The van der Waals surface area contributed by atoms with Crippen molar-refractivity contribution in [2.75, 3.05) is 0 Å². The predicted octanol–water partition coefficient (Wildman–Crippen LogP) is 5.15. The standard InChI is InChI=1S/C24H15BrFNO4/c25-15-5-10-19-18(11-15)22(29)20-21(14-3-8-17(28)9-4-14)27(24(30)23(20)31-19)12-13-1-6-16(26)7-2-13/h1-11,21,28H,12H2/t21-/m1/s1. The maximum atomic E-state index is 13.5. The van der Waals surface area contributed by atoms with Gasteiger partial charge in [0.2, 0.25) is 5.76 Å². The summed E-state index contributed by atoms with van der Waals surface area (Å²) in [6, 6.07) is 16.6. The van der Waals surface area contributed by atoms with Crippen LogP contribution in [0.4, 0.5) is 4.39 Å². The summed E-state index contributed by atoms with van der Waals surface area (Å²) in [5, 5.41) is 10.1. The Balaban J connectivity index is 1.72. The van der Waals surface area contributed by atoms with Crippen LogP contribution in [0.3, 0.4) is 0 Å². The highest BCUT2D eigenvalue weighted by atomic mass is 79.9. The van der Waals surface area contributed by atoms with E-state index in [0.29, 0.717) is 22.1 Å². The Morgan fingerprint density at radius 1 is 1.00 bits per heavy atom. The topological polar surface area (TPSA) is 70.8 Å². The monoisotopic (exact) mass is 479 g/mol. The van der Waals surface area contributed by atoms with Crippen molar-refractivity contribution in [3.63, 3.8) is 0 Å². The molecule has 5 nitrogen and oxygen atoms in total. The van der Waals surface area contributed by atoms with E-state index in [9.17, 15) is 19.1 Å². The van der Waals surface area contributed by atoms with Crippen molar-refractivity contribution < 1.29 is 18.7 Å². The molecule has 0 saturated carbocycles. The molecule has 7 heteroatoms. The molecule has 1 atom stereocenters. The van der Waals surface area contributed by atoms with Gasteiger partial charge in [-0.1, -0.05) is 40.2 Å². The summed E-state index contributed by atoms with van der Waals surface area (Å²) in [5.74, 6) is -0.712. The van der Waals surface area contributed by atoms with Crippen molar-refractivity contribution in [3.8, 4) is 5.75 Å². The first-order valence-corrected chi connectivity index (χ1v) is 10.3. The van der Waals surface area contributed by atoms with Crippen LogP contribution >= 0.6 is 15.9 Å². The summed E-state index contributed by atoms with van der Waals surface area (Å²) < 4.78 is 20.0. The highest BCUT2D eigenvalue weighted by molar-refractivity contribution is 9.10. The molecule has 1 aliphatic heterocycles. The van der Waals surface area contributed by atoms with Gasteiger partial charge in [0.15, 0.2) is 5.43 Å². The molecular weight excluding hydrogens is 465 g/mol. The fourth-order valence-electron chi connectivity index (χ4n) is 3.95. The van der Waals surface area contributed by atoms with Gasteiger partial charge >= 0.3 is 0 Å². The quantitative estimate of drug-likeness (QED) is 0.441. The van der Waals surface area contributed by atoms with Crippen molar-refractivity contribution >= 4 is 32.8 Å². The summed E-state index contributed by atoms with van der Waals surface area (Å²) in [4.78, 5) is 28.3. The highest BCUT2D eigenvalue weighted by Gasteiger charge is 2.42. The third kappa shape index (κ3) is 3.31. The summed E-state index contributed by atoms with van der Waals surface area (Å²) >= 11 is 3.37. The molecule has 2 heterocycles. The first kappa shape index (κ1) is 19.5. The summed E-state index contributed by atoms with van der Waals surface area (Å²) in [7, 11) is 0. The molecule has 1 N–H and O–H groups in total. The fourth-order valence-corrected chi connectivity index (χ4v) is 4.31. The van der Waals surface area contributed by atoms with Crippen LogP contribution in [-0.2, 0) is 6.54 Å². The normalized spacial score (nSPS) is 15.5. The van der Waals surface area contributed by atoms with E-state index in [1.54, 1.807) is 42.5 Å². The number of halogens is 2. The van der Waals surface area contributed by atoms with E-state index < -0.39 is 11.9 Å². The summed E-state index contributed by atoms with van der Waals surface area (Å²) in [6.07, 6.45) is 0. The van der Waals surface area contributed by atoms with E-state index in [1.165, 1.54) is 29.2 Å². The van der Waals surface area contributed by atoms with Gasteiger partial charge in [-0.15, -0.1) is 0 Å². The lowest BCUT2D eigenvalue weighted by Gasteiger charge is -2.25. The molecule has 1 aliphatic rings. The molecule has 1 aromatic heterocycles. The van der Waals surface area contributed by atoms with Crippen molar-refractivity contribution in [2.24, 2.45) is 0 Å². The molecule has 0 fully saturated rings. The number of aromatic hydroxyl groups is 1. The third-order valence-electron chi connectivity index (χ3n) is 5.40. The molecule has 0 bridgehead atoms. The van der Waals surface area contributed by atoms with Crippen LogP contribution in [0.15, 0.2) is 80.4 Å². The van der Waals surface area contributed by atoms with E-state index >= 15 is 0 Å². The fraction of sp³-hybridized carbons (Fsp3) is 0.0833. The molecule has 154 valence electrons. The average molecular weight is 480 g/mol. The highest BCUT2D eigenvalue weighted by Crippen LogP contribution is 2.39. The number of amides is 1. The van der Waals surface area contributed by atoms with Crippen molar-refractivity contribution in [1.29, 1.82) is 0 Å². The predicted molar refractivity (Wildman–Crippen MR) is 116 cm³/mol. The number of fused-ring (bicyclic) bond motifs is 2. The molecule has 31 heavy (non-hydrogen) atoms. The van der Waals surface area contributed by atoms with Gasteiger partial charge in [-0.3, -0.25) is 9.59 Å². The summed E-state index contributed by atoms with van der Waals surface area (Å²) in [6.45, 7) is 0.161. The van der Waals surface area contributed by atoms with Gasteiger partial charge < -0.3 is 14.4 Å². The SMILES string of the molecule is O=C1c2oc3ccc(Br)cc3c(=O)c2[C@@H](c2ccc(O)cc2)N1Cc1ccc(F)cc1. The lowest BCUT2D eigenvalue weighted by Crippen LogP contribution is -2.29. The number of rotatable bonds is 3. The molecular formula is C24H15BrFNO4. The van der Waals surface area contributed by atoms with Crippen LogP contribution < -0.4 is 5.43 Å². The molecule has 5 rings (SSSR count). The first-order chi connectivity index (χ1) is 14.9. The summed E-state index contributed by atoms with van der Waals surface area (Å²) in [5.41, 5.74) is 1.67. The van der Waals surface area contributed by atoms with E-state index in [1.807, 2.05) is 0 Å². The van der Waals surface area contributed by atoms with Crippen LogP contribution in [0, 0.1) is 5.82 Å². The number of phenols is 1. The van der Waals surface area contributed by atoms with Gasteiger partial charge in [0.1, 0.15) is 17.1 Å². The number of hydrogen-bond donors (Lipinski definition) is 1. The Hall–Kier alpha value is -3.45. The maximum absolute atomic E-state index is 13.5. The molecule has 0 unspecified atom stereocenters. The van der Waals surface area contributed by atoms with Crippen molar-refractivity contribution in [2.45, 2.75) is 12.6 Å². The van der Waals surface area contributed by atoms with Gasteiger partial charge in [-0.2, -0.15) is 0 Å². The smallest absolute Gasteiger partial charge is 0.291 e. The van der Waals surface area contributed by atoms with Crippen LogP contribution in [0.2, 0.25) is 0 Å². The minimum absolute atomic E-state index is 0.00000845.